The summed E-state index contributed by atoms with van der Waals surface area (Å²) in [4.78, 5) is 0. The van der Waals surface area contributed by atoms with E-state index >= 15 is 0 Å². The highest BCUT2D eigenvalue weighted by molar-refractivity contribution is 7.89. The summed E-state index contributed by atoms with van der Waals surface area (Å²) in [6.45, 7) is 0. The number of hydrogen-bond acceptors (Lipinski definition) is 3. The molecule has 0 unspecified atom stereocenters. The second-order valence-corrected chi connectivity index (χ2v) is 4.62. The van der Waals surface area contributed by atoms with Gasteiger partial charge in [0.15, 0.2) is 0 Å². The van der Waals surface area contributed by atoms with Gasteiger partial charge in [0.1, 0.15) is 5.25 Å². The molecule has 4 nitrogen and oxygen atoms in total. The van der Waals surface area contributed by atoms with Crippen molar-refractivity contribution in [3.63, 3.8) is 0 Å². The fourth-order valence-electron chi connectivity index (χ4n) is 1.54. The lowest BCUT2D eigenvalue weighted by atomic mass is 10.3. The molecule has 0 aromatic heterocycles. The summed E-state index contributed by atoms with van der Waals surface area (Å²) in [6, 6.07) is 0. The summed E-state index contributed by atoms with van der Waals surface area (Å²) in [5, 5.41) is 4.52. The quantitative estimate of drug-likeness (QED) is 0.640. The first kappa shape index (κ1) is 8.96. The number of nitrogens with two attached hydrogens (primary N) is 1. The van der Waals surface area contributed by atoms with Crippen molar-refractivity contribution >= 4 is 10.0 Å². The second kappa shape index (κ2) is 3.08. The number of methoxy groups -OCH3 is 1. The maximum absolute atomic E-state index is 10.9. The highest BCUT2D eigenvalue weighted by Gasteiger charge is 2.35. The Hall–Kier alpha value is -0.130. The third kappa shape index (κ3) is 1.91. The largest absolute Gasteiger partial charge is 0.380 e. The molecule has 0 heterocycles. The minimum atomic E-state index is -3.39. The van der Waals surface area contributed by atoms with Crippen molar-refractivity contribution in [2.45, 2.75) is 30.6 Å². The molecule has 66 valence electrons. The monoisotopic (exact) mass is 179 g/mol. The van der Waals surface area contributed by atoms with E-state index in [2.05, 4.69) is 0 Å². The predicted octanol–water partition coefficient (Wildman–Crippen LogP) is -0.158. The Bertz CT molecular complexity index is 224. The van der Waals surface area contributed by atoms with Gasteiger partial charge < -0.3 is 4.74 Å². The molecule has 0 radical (unpaired) electrons. The van der Waals surface area contributed by atoms with E-state index in [1.165, 1.54) is 7.11 Å². The first-order valence-electron chi connectivity index (χ1n) is 3.60. The van der Waals surface area contributed by atoms with Crippen LogP contribution in [0.3, 0.4) is 0 Å². The van der Waals surface area contributed by atoms with Crippen LogP contribution in [0.2, 0.25) is 0 Å². The molecule has 2 atom stereocenters. The van der Waals surface area contributed by atoms with E-state index in [1.54, 1.807) is 0 Å². The molecule has 0 bridgehead atoms. The van der Waals surface area contributed by atoms with Crippen molar-refractivity contribution in [2.24, 2.45) is 5.14 Å². The molecule has 1 aliphatic rings. The maximum atomic E-state index is 10.9. The molecule has 5 heteroatoms. The van der Waals surface area contributed by atoms with Crippen molar-refractivity contribution in [3.05, 3.63) is 0 Å². The Morgan fingerprint density at radius 3 is 2.45 bits per heavy atom. The predicted molar refractivity (Wildman–Crippen MR) is 41.5 cm³/mol. The standard InChI is InChI=1S/C6H13NO3S/c1-10-5-3-2-4-6(5)11(7,8)9/h5-6H,2-4H2,1H3,(H2,7,8,9)/t5-,6-/m1/s1. The second-order valence-electron chi connectivity index (χ2n) is 2.83. The number of sulfonamides is 1. The molecule has 0 aliphatic heterocycles. The van der Waals surface area contributed by atoms with E-state index in [0.717, 1.165) is 12.8 Å². The minimum Gasteiger partial charge on any atom is -0.380 e. The van der Waals surface area contributed by atoms with Crippen LogP contribution in [0.4, 0.5) is 0 Å². The highest BCUT2D eigenvalue weighted by Crippen LogP contribution is 2.25. The van der Waals surface area contributed by atoms with E-state index in [-0.39, 0.29) is 6.10 Å². The van der Waals surface area contributed by atoms with Crippen LogP contribution in [-0.4, -0.2) is 26.9 Å². The van der Waals surface area contributed by atoms with Crippen LogP contribution in [0.25, 0.3) is 0 Å². The summed E-state index contributed by atoms with van der Waals surface area (Å²) < 4.78 is 26.8. The van der Waals surface area contributed by atoms with Crippen LogP contribution < -0.4 is 5.14 Å². The lowest BCUT2D eigenvalue weighted by molar-refractivity contribution is 0.111. The van der Waals surface area contributed by atoms with Crippen LogP contribution in [0, 0.1) is 0 Å². The zero-order chi connectivity index (χ0) is 8.48. The van der Waals surface area contributed by atoms with Gasteiger partial charge in [0.2, 0.25) is 10.0 Å². The van der Waals surface area contributed by atoms with Gasteiger partial charge in [0, 0.05) is 7.11 Å². The first-order chi connectivity index (χ1) is 5.05. The van der Waals surface area contributed by atoms with Crippen molar-refractivity contribution in [2.75, 3.05) is 7.11 Å². The van der Waals surface area contributed by atoms with Gasteiger partial charge in [-0.05, 0) is 19.3 Å². The van der Waals surface area contributed by atoms with Gasteiger partial charge in [0.05, 0.1) is 6.10 Å². The zero-order valence-corrected chi connectivity index (χ0v) is 7.30. The number of ether oxygens (including phenoxy) is 1. The van der Waals surface area contributed by atoms with Crippen LogP contribution in [0.1, 0.15) is 19.3 Å². The summed E-state index contributed by atoms with van der Waals surface area (Å²) in [5.74, 6) is 0. The molecule has 0 saturated heterocycles. The van der Waals surface area contributed by atoms with Gasteiger partial charge in [-0.15, -0.1) is 0 Å². The molecular formula is C6H13NO3S. The first-order valence-corrected chi connectivity index (χ1v) is 5.21. The van der Waals surface area contributed by atoms with Crippen LogP contribution in [0.15, 0.2) is 0 Å². The van der Waals surface area contributed by atoms with E-state index in [4.69, 9.17) is 9.88 Å². The average molecular weight is 179 g/mol. The molecule has 0 aromatic rings. The Balaban J connectivity index is 2.72. The Morgan fingerprint density at radius 1 is 1.45 bits per heavy atom. The van der Waals surface area contributed by atoms with Gasteiger partial charge in [0.25, 0.3) is 0 Å². The van der Waals surface area contributed by atoms with Gasteiger partial charge in [-0.1, -0.05) is 0 Å². The molecule has 0 spiro atoms. The summed E-state index contributed by atoms with van der Waals surface area (Å²) in [6.07, 6.45) is 2.14. The normalized spacial score (nSPS) is 32.5. The van der Waals surface area contributed by atoms with Gasteiger partial charge >= 0.3 is 0 Å². The molecule has 1 aliphatic carbocycles. The fourth-order valence-corrected chi connectivity index (χ4v) is 2.70. The zero-order valence-electron chi connectivity index (χ0n) is 6.49. The molecule has 0 amide bonds. The van der Waals surface area contributed by atoms with Gasteiger partial charge in [-0.25, -0.2) is 13.6 Å². The van der Waals surface area contributed by atoms with Gasteiger partial charge in [-0.3, -0.25) is 0 Å². The average Bonchev–Trinajstić information content (AvgIpc) is 2.31. The third-order valence-electron chi connectivity index (χ3n) is 2.12. The Morgan fingerprint density at radius 2 is 2.09 bits per heavy atom. The SMILES string of the molecule is CO[C@@H]1CCC[C@H]1S(N)(=O)=O. The van der Waals surface area contributed by atoms with E-state index in [9.17, 15) is 8.42 Å². The molecule has 1 fully saturated rings. The Labute approximate surface area is 66.8 Å². The number of hydrogen-bond donors (Lipinski definition) is 1. The molecule has 11 heavy (non-hydrogen) atoms. The van der Waals surface area contributed by atoms with Crippen molar-refractivity contribution in [1.82, 2.24) is 0 Å². The number of rotatable bonds is 2. The van der Waals surface area contributed by atoms with Crippen LogP contribution in [0.5, 0.6) is 0 Å². The lowest BCUT2D eigenvalue weighted by Crippen LogP contribution is -2.35. The minimum absolute atomic E-state index is 0.190. The number of primary sulfonamides is 1. The van der Waals surface area contributed by atoms with Crippen molar-refractivity contribution < 1.29 is 13.2 Å². The molecule has 2 N–H and O–H groups in total. The third-order valence-corrected chi connectivity index (χ3v) is 3.50. The van der Waals surface area contributed by atoms with E-state index in [0.29, 0.717) is 6.42 Å². The van der Waals surface area contributed by atoms with Gasteiger partial charge in [-0.2, -0.15) is 0 Å². The van der Waals surface area contributed by atoms with E-state index < -0.39 is 15.3 Å². The maximum Gasteiger partial charge on any atom is 0.214 e. The summed E-state index contributed by atoms with van der Waals surface area (Å²) in [5.41, 5.74) is 0. The molecule has 0 aromatic carbocycles. The summed E-state index contributed by atoms with van der Waals surface area (Å²) >= 11 is 0. The molecule has 1 rings (SSSR count). The lowest BCUT2D eigenvalue weighted by Gasteiger charge is -2.14. The smallest absolute Gasteiger partial charge is 0.214 e. The van der Waals surface area contributed by atoms with Crippen LogP contribution >= 0.6 is 0 Å². The van der Waals surface area contributed by atoms with Crippen molar-refractivity contribution in [1.29, 1.82) is 0 Å². The van der Waals surface area contributed by atoms with E-state index in [1.807, 2.05) is 0 Å². The summed E-state index contributed by atoms with van der Waals surface area (Å²) in [7, 11) is -1.87. The molecule has 1 saturated carbocycles. The highest BCUT2D eigenvalue weighted by atomic mass is 32.2. The fraction of sp³-hybridized carbons (Fsp3) is 1.00. The van der Waals surface area contributed by atoms with Crippen molar-refractivity contribution in [3.8, 4) is 0 Å². The van der Waals surface area contributed by atoms with Crippen LogP contribution in [-0.2, 0) is 14.8 Å². The Kier molecular flexibility index (Phi) is 2.51. The topological polar surface area (TPSA) is 69.4 Å². The molecular weight excluding hydrogens is 166 g/mol.